The molecule has 17 heavy (non-hydrogen) atoms. The highest BCUT2D eigenvalue weighted by Crippen LogP contribution is 2.16. The Labute approximate surface area is 102 Å². The Hall–Kier alpha value is -1.89. The van der Waals surface area contributed by atoms with E-state index in [1.54, 1.807) is 16.8 Å². The van der Waals surface area contributed by atoms with Gasteiger partial charge in [0.25, 0.3) is 5.91 Å². The first-order chi connectivity index (χ1) is 8.10. The zero-order chi connectivity index (χ0) is 12.4. The number of nitrogens with zero attached hydrogens (tertiary/aromatic N) is 3. The summed E-state index contributed by atoms with van der Waals surface area (Å²) < 4.78 is 1.79. The number of carbonyl (C=O) groups excluding carboxylic acids is 1. The van der Waals surface area contributed by atoms with Crippen LogP contribution in [0, 0.1) is 6.92 Å². The molecule has 0 atom stereocenters. The monoisotopic (exact) mass is 251 g/mol. The summed E-state index contributed by atoms with van der Waals surface area (Å²) in [6, 6.07) is 1.65. The fourth-order valence-corrected chi connectivity index (χ4v) is 2.08. The molecule has 0 fully saturated rings. The molecule has 2 rings (SSSR count). The van der Waals surface area contributed by atoms with E-state index in [2.05, 4.69) is 15.5 Å². The number of aryl methyl sites for hydroxylation is 2. The van der Waals surface area contributed by atoms with Crippen molar-refractivity contribution in [2.24, 2.45) is 0 Å². The molecule has 2 aromatic rings. The molecule has 0 saturated carbocycles. The van der Waals surface area contributed by atoms with E-state index in [4.69, 9.17) is 5.73 Å². The van der Waals surface area contributed by atoms with Gasteiger partial charge in [-0.1, -0.05) is 11.3 Å². The Morgan fingerprint density at radius 3 is 2.94 bits per heavy atom. The largest absolute Gasteiger partial charge is 0.397 e. The molecule has 0 unspecified atom stereocenters. The SMILES string of the molecule is CCn1cc(N)cc1C(=O)Nc1nnc(C)s1. The quantitative estimate of drug-likeness (QED) is 0.865. The molecule has 2 aromatic heterocycles. The fraction of sp³-hybridized carbons (Fsp3) is 0.300. The number of nitrogen functional groups attached to an aromatic ring is 1. The van der Waals surface area contributed by atoms with Gasteiger partial charge in [0.1, 0.15) is 10.7 Å². The Kier molecular flexibility index (Phi) is 3.10. The van der Waals surface area contributed by atoms with E-state index < -0.39 is 0 Å². The predicted octanol–water partition coefficient (Wildman–Crippen LogP) is 1.50. The first kappa shape index (κ1) is 11.6. The van der Waals surface area contributed by atoms with Crippen LogP contribution in [0.2, 0.25) is 0 Å². The van der Waals surface area contributed by atoms with Crippen LogP contribution in [-0.4, -0.2) is 20.7 Å². The van der Waals surface area contributed by atoms with Crippen molar-refractivity contribution in [1.29, 1.82) is 0 Å². The molecule has 0 saturated heterocycles. The number of rotatable bonds is 3. The number of carbonyl (C=O) groups is 1. The van der Waals surface area contributed by atoms with Crippen molar-refractivity contribution >= 4 is 28.1 Å². The van der Waals surface area contributed by atoms with Crippen LogP contribution >= 0.6 is 11.3 Å². The maximum Gasteiger partial charge on any atom is 0.274 e. The number of nitrogens with two attached hydrogens (primary N) is 1. The number of aromatic nitrogens is 3. The van der Waals surface area contributed by atoms with Crippen LogP contribution in [-0.2, 0) is 6.54 Å². The minimum Gasteiger partial charge on any atom is -0.397 e. The summed E-state index contributed by atoms with van der Waals surface area (Å²) in [6.07, 6.45) is 1.74. The lowest BCUT2D eigenvalue weighted by Gasteiger charge is -2.04. The minimum atomic E-state index is -0.222. The van der Waals surface area contributed by atoms with Gasteiger partial charge in [0, 0.05) is 12.7 Å². The van der Waals surface area contributed by atoms with Gasteiger partial charge in [-0.2, -0.15) is 0 Å². The van der Waals surface area contributed by atoms with Crippen LogP contribution in [0.25, 0.3) is 0 Å². The van der Waals surface area contributed by atoms with Crippen LogP contribution in [0.3, 0.4) is 0 Å². The highest BCUT2D eigenvalue weighted by molar-refractivity contribution is 7.15. The molecule has 0 aliphatic heterocycles. The zero-order valence-corrected chi connectivity index (χ0v) is 10.4. The number of amides is 1. The highest BCUT2D eigenvalue weighted by Gasteiger charge is 2.13. The van der Waals surface area contributed by atoms with E-state index in [1.807, 2.05) is 13.8 Å². The van der Waals surface area contributed by atoms with Gasteiger partial charge in [-0.05, 0) is 19.9 Å². The molecule has 0 aliphatic carbocycles. The molecule has 3 N–H and O–H groups in total. The Morgan fingerprint density at radius 2 is 2.35 bits per heavy atom. The standard InChI is InChI=1S/C10H13N5OS/c1-3-15-5-7(11)4-8(15)9(16)12-10-14-13-6(2)17-10/h4-5H,3,11H2,1-2H3,(H,12,14,16). The molecular weight excluding hydrogens is 238 g/mol. The van der Waals surface area contributed by atoms with E-state index in [-0.39, 0.29) is 5.91 Å². The molecule has 2 heterocycles. The Bertz CT molecular complexity index is 545. The van der Waals surface area contributed by atoms with Crippen LogP contribution in [0.15, 0.2) is 12.3 Å². The lowest BCUT2D eigenvalue weighted by molar-refractivity contribution is 0.101. The number of nitrogens with one attached hydrogen (secondary N) is 1. The van der Waals surface area contributed by atoms with E-state index in [0.29, 0.717) is 23.1 Å². The second kappa shape index (κ2) is 4.54. The molecule has 6 nitrogen and oxygen atoms in total. The molecule has 0 aliphatic rings. The summed E-state index contributed by atoms with van der Waals surface area (Å²) in [6.45, 7) is 4.47. The average molecular weight is 251 g/mol. The number of anilines is 2. The molecule has 0 spiro atoms. The zero-order valence-electron chi connectivity index (χ0n) is 9.60. The lowest BCUT2D eigenvalue weighted by atomic mass is 10.4. The third-order valence-corrected chi connectivity index (χ3v) is 2.99. The van der Waals surface area contributed by atoms with E-state index in [9.17, 15) is 4.79 Å². The molecule has 1 amide bonds. The van der Waals surface area contributed by atoms with Crippen molar-refractivity contribution in [1.82, 2.24) is 14.8 Å². The molecule has 0 bridgehead atoms. The number of hydrogen-bond acceptors (Lipinski definition) is 5. The van der Waals surface area contributed by atoms with Gasteiger partial charge in [0.05, 0.1) is 5.69 Å². The van der Waals surface area contributed by atoms with Gasteiger partial charge in [-0.25, -0.2) is 0 Å². The highest BCUT2D eigenvalue weighted by atomic mass is 32.1. The lowest BCUT2D eigenvalue weighted by Crippen LogP contribution is -2.16. The summed E-state index contributed by atoms with van der Waals surface area (Å²) in [5.74, 6) is -0.222. The number of hydrogen-bond donors (Lipinski definition) is 2. The molecule has 7 heteroatoms. The van der Waals surface area contributed by atoms with Gasteiger partial charge >= 0.3 is 0 Å². The second-order valence-electron chi connectivity index (χ2n) is 3.53. The van der Waals surface area contributed by atoms with Gasteiger partial charge in [-0.3, -0.25) is 10.1 Å². The van der Waals surface area contributed by atoms with E-state index >= 15 is 0 Å². The topological polar surface area (TPSA) is 85.8 Å². The van der Waals surface area contributed by atoms with Crippen molar-refractivity contribution in [3.05, 3.63) is 23.0 Å². The minimum absolute atomic E-state index is 0.222. The van der Waals surface area contributed by atoms with Crippen LogP contribution in [0.5, 0.6) is 0 Å². The molecule has 0 aromatic carbocycles. The van der Waals surface area contributed by atoms with Crippen LogP contribution in [0.4, 0.5) is 10.8 Å². The predicted molar refractivity (Wildman–Crippen MR) is 67.1 cm³/mol. The summed E-state index contributed by atoms with van der Waals surface area (Å²) in [5, 5.41) is 11.7. The van der Waals surface area contributed by atoms with Gasteiger partial charge in [0.15, 0.2) is 0 Å². The second-order valence-corrected chi connectivity index (χ2v) is 4.71. The van der Waals surface area contributed by atoms with Crippen LogP contribution in [0.1, 0.15) is 22.4 Å². The van der Waals surface area contributed by atoms with Crippen molar-refractivity contribution in [3.63, 3.8) is 0 Å². The van der Waals surface area contributed by atoms with Crippen molar-refractivity contribution < 1.29 is 4.79 Å². The summed E-state index contributed by atoms with van der Waals surface area (Å²) in [4.78, 5) is 12.0. The Balaban J connectivity index is 2.19. The molecular formula is C10H13N5OS. The van der Waals surface area contributed by atoms with Crippen molar-refractivity contribution in [2.45, 2.75) is 20.4 Å². The van der Waals surface area contributed by atoms with E-state index in [0.717, 1.165) is 5.01 Å². The molecule has 0 radical (unpaired) electrons. The smallest absolute Gasteiger partial charge is 0.274 e. The third-order valence-electron chi connectivity index (χ3n) is 2.24. The van der Waals surface area contributed by atoms with E-state index in [1.165, 1.54) is 11.3 Å². The molecule has 90 valence electrons. The van der Waals surface area contributed by atoms with Crippen molar-refractivity contribution in [2.75, 3.05) is 11.1 Å². The summed E-state index contributed by atoms with van der Waals surface area (Å²) in [5.41, 5.74) is 6.76. The van der Waals surface area contributed by atoms with Crippen molar-refractivity contribution in [3.8, 4) is 0 Å². The van der Waals surface area contributed by atoms with Gasteiger partial charge in [0.2, 0.25) is 5.13 Å². The average Bonchev–Trinajstić information content (AvgIpc) is 2.84. The normalized spacial score (nSPS) is 10.5. The first-order valence-electron chi connectivity index (χ1n) is 5.17. The maximum atomic E-state index is 12.0. The maximum absolute atomic E-state index is 12.0. The summed E-state index contributed by atoms with van der Waals surface area (Å²) >= 11 is 1.34. The van der Waals surface area contributed by atoms with Gasteiger partial charge < -0.3 is 10.3 Å². The third kappa shape index (κ3) is 2.44. The summed E-state index contributed by atoms with van der Waals surface area (Å²) in [7, 11) is 0. The van der Waals surface area contributed by atoms with Gasteiger partial charge in [-0.15, -0.1) is 10.2 Å². The van der Waals surface area contributed by atoms with Crippen LogP contribution < -0.4 is 11.1 Å². The fourth-order valence-electron chi connectivity index (χ4n) is 1.49. The Morgan fingerprint density at radius 1 is 1.59 bits per heavy atom. The first-order valence-corrected chi connectivity index (χ1v) is 5.99.